The van der Waals surface area contributed by atoms with Gasteiger partial charge in [-0.05, 0) is 98.4 Å². The molecule has 2 aliphatic rings. The molecule has 0 bridgehead atoms. The Morgan fingerprint density at radius 3 is 1.41 bits per heavy atom. The van der Waals surface area contributed by atoms with Crippen molar-refractivity contribution in [3.8, 4) is 0 Å². The summed E-state index contributed by atoms with van der Waals surface area (Å²) in [5.41, 5.74) is 11.1. The number of ketones is 1. The number of aromatic amines is 3. The lowest BCUT2D eigenvalue weighted by Gasteiger charge is -2.29. The fourth-order valence-electron chi connectivity index (χ4n) is 8.46. The summed E-state index contributed by atoms with van der Waals surface area (Å²) in [6.45, 7) is 28.5. The number of fused-ring (bicyclic) bond motifs is 2. The molecular formula is C67H98ClFN12O15. The summed E-state index contributed by atoms with van der Waals surface area (Å²) < 4.78 is 29.8. The van der Waals surface area contributed by atoms with Crippen molar-refractivity contribution in [1.29, 1.82) is 5.41 Å². The number of alkyl halides is 1. The van der Waals surface area contributed by atoms with Gasteiger partial charge in [0.25, 0.3) is 16.7 Å². The Balaban J connectivity index is 0.00000117. The smallest absolute Gasteiger partial charge is 0.316 e. The maximum atomic E-state index is 12.7. The van der Waals surface area contributed by atoms with Crippen LogP contribution in [0.15, 0.2) is 62.9 Å². The number of hydrogen-bond donors (Lipinski definition) is 9. The number of aryl methyl sites for hydroxylation is 3. The largest absolute Gasteiger partial charge is 0.481 e. The zero-order valence-electron chi connectivity index (χ0n) is 58.7. The number of nitrogens with one attached hydrogen (secondary N) is 7. The molecule has 0 saturated heterocycles. The van der Waals surface area contributed by atoms with E-state index in [1.165, 1.54) is 11.8 Å². The van der Waals surface area contributed by atoms with Crippen molar-refractivity contribution in [3.05, 3.63) is 131 Å². The number of anilines is 4. The Morgan fingerprint density at radius 1 is 0.625 bits per heavy atom. The highest BCUT2D eigenvalue weighted by molar-refractivity contribution is 6.10. The second-order valence-corrected chi connectivity index (χ2v) is 22.6. The fourth-order valence-corrected chi connectivity index (χ4v) is 8.46. The van der Waals surface area contributed by atoms with Gasteiger partial charge >= 0.3 is 23.9 Å². The van der Waals surface area contributed by atoms with Gasteiger partial charge in [0.05, 0.1) is 63.5 Å². The topological polar surface area (TPSA) is 411 Å². The summed E-state index contributed by atoms with van der Waals surface area (Å²) in [5.74, 6) is -0.837. The third-order valence-electron chi connectivity index (χ3n) is 13.8. The van der Waals surface area contributed by atoms with Crippen LogP contribution in [0.25, 0.3) is 0 Å². The number of carbonyl (C=O) groups excluding carboxylic acids is 7. The molecule has 3 aromatic heterocycles. The summed E-state index contributed by atoms with van der Waals surface area (Å²) in [5, 5.41) is 23.8. The Morgan fingerprint density at radius 2 is 1.01 bits per heavy atom. The third-order valence-corrected chi connectivity index (χ3v) is 13.8. The first-order chi connectivity index (χ1) is 45.2. The van der Waals surface area contributed by atoms with Crippen LogP contribution in [0.3, 0.4) is 0 Å². The van der Waals surface area contributed by atoms with Crippen LogP contribution in [0, 0.1) is 38.0 Å². The molecule has 1 unspecified atom stereocenters. The van der Waals surface area contributed by atoms with E-state index < -0.39 is 31.0 Å². The number of carboxylic acid groups (broad SMARTS) is 1. The van der Waals surface area contributed by atoms with E-state index in [9.17, 15) is 57.1 Å². The number of rotatable bonds is 21. The van der Waals surface area contributed by atoms with E-state index in [-0.39, 0.29) is 146 Å². The van der Waals surface area contributed by atoms with Crippen molar-refractivity contribution in [2.24, 2.45) is 17.6 Å². The van der Waals surface area contributed by atoms with Crippen molar-refractivity contribution in [3.63, 3.8) is 0 Å². The van der Waals surface area contributed by atoms with Crippen LogP contribution >= 0.6 is 12.4 Å². The second kappa shape index (κ2) is 45.0. The molecule has 3 amide bonds. The molecule has 5 heterocycles. The van der Waals surface area contributed by atoms with Gasteiger partial charge in [0.2, 0.25) is 17.7 Å². The number of carboxylic acids is 1. The monoisotopic (exact) mass is 1370 g/mol. The predicted octanol–water partition coefficient (Wildman–Crippen LogP) is 8.77. The van der Waals surface area contributed by atoms with Gasteiger partial charge in [0.15, 0.2) is 0 Å². The first-order valence-corrected chi connectivity index (χ1v) is 31.2. The number of benzene rings is 2. The molecule has 27 nitrogen and oxygen atoms in total. The van der Waals surface area contributed by atoms with Crippen molar-refractivity contribution in [2.45, 2.75) is 173 Å². The molecule has 2 aromatic carbocycles. The number of halogens is 2. The van der Waals surface area contributed by atoms with E-state index in [4.69, 9.17) is 31.8 Å². The van der Waals surface area contributed by atoms with Crippen LogP contribution in [-0.2, 0) is 71.8 Å². The number of H-pyrrole nitrogens is 3. The van der Waals surface area contributed by atoms with Gasteiger partial charge < -0.3 is 60.9 Å². The highest BCUT2D eigenvalue weighted by atomic mass is 35.5. The minimum absolute atomic E-state index is 0. The van der Waals surface area contributed by atoms with Crippen LogP contribution in [0.2, 0.25) is 0 Å². The van der Waals surface area contributed by atoms with Gasteiger partial charge in [-0.1, -0.05) is 79.7 Å². The summed E-state index contributed by atoms with van der Waals surface area (Å²) in [7, 11) is -1.00. The number of amides is 3. The number of Topliss-reactive ketones (excluding diaryl/α,β-unsaturated/α-hetero) is 1. The molecular weight excluding hydrogens is 1270 g/mol. The Labute approximate surface area is 567 Å². The number of aromatic nitrogens is 6. The minimum Gasteiger partial charge on any atom is -0.481 e. The minimum atomic E-state index is -1.00. The molecule has 10 N–H and O–H groups in total. The lowest BCUT2D eigenvalue weighted by molar-refractivity contribution is -0.152. The highest BCUT2D eigenvalue weighted by Crippen LogP contribution is 2.30. The number of hydrogen-bond acceptors (Lipinski definition) is 19. The molecule has 2 aliphatic heterocycles. The van der Waals surface area contributed by atoms with Crippen LogP contribution in [0.5, 0.6) is 0 Å². The van der Waals surface area contributed by atoms with E-state index in [0.717, 1.165) is 11.4 Å². The molecule has 0 radical (unpaired) electrons. The van der Waals surface area contributed by atoms with Gasteiger partial charge in [-0.15, -0.1) is 12.4 Å². The molecule has 5 aromatic rings. The van der Waals surface area contributed by atoms with E-state index in [2.05, 4.69) is 45.9 Å². The average molecular weight is 1370 g/mol. The predicted molar refractivity (Wildman–Crippen MR) is 369 cm³/mol. The molecule has 29 heteroatoms. The maximum absolute atomic E-state index is 12.7. The Kier molecular flexibility index (Phi) is 39.6. The number of esters is 3. The summed E-state index contributed by atoms with van der Waals surface area (Å²) in [6.07, 6.45) is 1.37. The van der Waals surface area contributed by atoms with Crippen molar-refractivity contribution < 1.29 is 63.4 Å². The lowest BCUT2D eigenvalue weighted by atomic mass is 9.99. The van der Waals surface area contributed by atoms with Crippen molar-refractivity contribution in [2.75, 3.05) is 60.9 Å². The SMILES string of the molecule is CC(C)C(=N)N.CCOC(=O)CCC(C(C)=O)C(=O)OCC.CCOC(=O)CCc1c(C)nc(C(C)C)[nH]c1=O.Cc1nc(C(C)C)[nH]c(=O)c1CCC(=O)N1CC(=O)Nc2ccccc21.Cc1nc(C(C)C)[nH]c(=O)c1CCC(=O)O.Cl.O=C1CNc2ccccc2N1.[2H]CF. The molecule has 7 rings (SSSR count). The van der Waals surface area contributed by atoms with Crippen LogP contribution in [-0.4, -0.2) is 128 Å². The molecule has 0 saturated carbocycles. The number of nitrogens with two attached hydrogens (primary N) is 1. The summed E-state index contributed by atoms with van der Waals surface area (Å²) in [4.78, 5) is 149. The Bertz CT molecular complexity index is 3600. The number of carbonyl (C=O) groups is 8. The molecule has 530 valence electrons. The van der Waals surface area contributed by atoms with E-state index in [1.54, 1.807) is 59.7 Å². The van der Waals surface area contributed by atoms with Crippen molar-refractivity contribution in [1.82, 2.24) is 29.9 Å². The van der Waals surface area contributed by atoms with Gasteiger partial charge in [0, 0.05) is 83.1 Å². The van der Waals surface area contributed by atoms with Crippen LogP contribution < -0.4 is 43.3 Å². The second-order valence-electron chi connectivity index (χ2n) is 22.6. The summed E-state index contributed by atoms with van der Waals surface area (Å²) >= 11 is 0. The first kappa shape index (κ1) is 84.5. The average Bonchev–Trinajstić information content (AvgIpc) is 0.905. The van der Waals surface area contributed by atoms with Gasteiger partial charge in [-0.2, -0.15) is 0 Å². The number of aliphatic carboxylic acids is 1. The third kappa shape index (κ3) is 30.7. The van der Waals surface area contributed by atoms with Gasteiger partial charge in [0.1, 0.15) is 35.7 Å². The zero-order valence-corrected chi connectivity index (χ0v) is 58.5. The number of amidine groups is 1. The quantitative estimate of drug-likeness (QED) is 0.0109. The first-order valence-electron chi connectivity index (χ1n) is 31.9. The number of nitrogens with zero attached hydrogens (tertiary/aromatic N) is 4. The van der Waals surface area contributed by atoms with E-state index in [0.29, 0.717) is 88.8 Å². The zero-order chi connectivity index (χ0) is 72.9. The normalized spacial score (nSPS) is 11.9. The molecule has 0 aliphatic carbocycles. The van der Waals surface area contributed by atoms with Gasteiger partial charge in [-0.3, -0.25) is 62.5 Å². The molecule has 0 fully saturated rings. The fraction of sp³-hybridized carbons (Fsp3) is 0.507. The maximum Gasteiger partial charge on any atom is 0.316 e. The number of ether oxygens (including phenoxy) is 3. The van der Waals surface area contributed by atoms with Gasteiger partial charge in [-0.25, -0.2) is 15.0 Å². The van der Waals surface area contributed by atoms with Crippen molar-refractivity contribution >= 4 is 88.4 Å². The van der Waals surface area contributed by atoms with Crippen LogP contribution in [0.4, 0.5) is 27.1 Å². The molecule has 0 spiro atoms. The Hall–Kier alpha value is -9.47. The molecule has 96 heavy (non-hydrogen) atoms. The number of para-hydroxylation sites is 4. The summed E-state index contributed by atoms with van der Waals surface area (Å²) in [6, 6.07) is 14.8. The molecule has 1 atom stereocenters. The highest BCUT2D eigenvalue weighted by Gasteiger charge is 2.28. The van der Waals surface area contributed by atoms with E-state index >= 15 is 0 Å². The van der Waals surface area contributed by atoms with Crippen LogP contribution in [0.1, 0.15) is 186 Å². The standard InChI is InChI=1S/C19H22N4O3.C13H20N2O3.C11H16N2O3.C11H18O5.C8H8N2O.C4H10N2.CH3F.ClH/c1-11(2)18-20-12(3)13(19(26)22-18)8-9-17(25)23-10-16(24)21-14-6-4-5-7-15(14)23;1-5-18-11(16)7-6-10-9(4)14-12(8(2)3)15-13(10)17;1-6(2)10-12-7(3)8(11(16)13-10)4-5-9(14)15;1-4-15-10(13)7-6-9(8(3)12)11(14)16-5-2;11-8-5-9-6-3-1-2-4-7(6)10-8;1-3(2)4(5)6;1-2;/h4-7,11H,8-10H2,1-3H3,(H,21,24)(H,20,22,26);8H,5-7H2,1-4H3,(H,14,15,17);6H,4-5H2,1-3H3,(H,14,15)(H,12,13,16);9H,4-7H2,1-3H3;1-4,9H,5H2,(H,10,11);3H,1-2H3,(H3,5,6);1H3;1H/i;;;;;;1D;. The van der Waals surface area contributed by atoms with E-state index in [1.807, 2.05) is 85.7 Å². The lowest BCUT2D eigenvalue weighted by Crippen LogP contribution is -2.42.